The predicted octanol–water partition coefficient (Wildman–Crippen LogP) is 5.17. The predicted molar refractivity (Wildman–Crippen MR) is 134 cm³/mol. The number of aliphatic hydroxyl groups excluding tert-OH is 1. The van der Waals surface area contributed by atoms with E-state index in [0.29, 0.717) is 6.42 Å². The Kier molecular flexibility index (Phi) is 8.99. The summed E-state index contributed by atoms with van der Waals surface area (Å²) < 4.78 is 46.6. The summed E-state index contributed by atoms with van der Waals surface area (Å²) >= 11 is 0. The van der Waals surface area contributed by atoms with Crippen LogP contribution in [-0.4, -0.2) is 47.3 Å². The number of carbonyl (C=O) groups is 1. The molecule has 3 aromatic rings. The zero-order chi connectivity index (χ0) is 27.9. The van der Waals surface area contributed by atoms with Gasteiger partial charge in [0.15, 0.2) is 0 Å². The highest BCUT2D eigenvalue weighted by molar-refractivity contribution is 5.88. The Hall–Kier alpha value is -4.07. The van der Waals surface area contributed by atoms with E-state index in [-0.39, 0.29) is 35.8 Å². The van der Waals surface area contributed by atoms with Gasteiger partial charge in [-0.15, -0.1) is 13.2 Å². The number of hydrogen-bond donors (Lipinski definition) is 3. The Morgan fingerprint density at radius 2 is 1.66 bits per heavy atom. The number of halogens is 3. The number of aliphatic hydroxyl groups is 1. The third kappa shape index (κ3) is 8.50. The molecule has 0 amide bonds. The molecule has 0 radical (unpaired) electrons. The Labute approximate surface area is 218 Å². The van der Waals surface area contributed by atoms with Gasteiger partial charge in [-0.05, 0) is 73.4 Å². The highest BCUT2D eigenvalue weighted by Gasteiger charge is 2.31. The van der Waals surface area contributed by atoms with Crippen LogP contribution in [-0.2, 0) is 6.42 Å². The number of alkyl halides is 3. The summed E-state index contributed by atoms with van der Waals surface area (Å²) in [5, 5.41) is 32.2. The van der Waals surface area contributed by atoms with Crippen molar-refractivity contribution in [1.82, 2.24) is 5.32 Å². The molecular weight excluding hydrogens is 501 g/mol. The third-order valence-electron chi connectivity index (χ3n) is 5.62. The topological polar surface area (TPSA) is 112 Å². The van der Waals surface area contributed by atoms with Crippen molar-refractivity contribution in [1.29, 1.82) is 5.26 Å². The lowest BCUT2D eigenvalue weighted by molar-refractivity contribution is -0.274. The lowest BCUT2D eigenvalue weighted by Crippen LogP contribution is -2.46. The lowest BCUT2D eigenvalue weighted by Gasteiger charge is -2.28. The fourth-order valence-corrected chi connectivity index (χ4v) is 3.74. The number of carboxylic acid groups (broad SMARTS) is 1. The summed E-state index contributed by atoms with van der Waals surface area (Å²) in [6, 6.07) is 18.9. The van der Waals surface area contributed by atoms with Crippen LogP contribution < -0.4 is 14.8 Å². The number of nitriles is 1. The Morgan fingerprint density at radius 3 is 2.24 bits per heavy atom. The van der Waals surface area contributed by atoms with Crippen LogP contribution in [0.4, 0.5) is 13.2 Å². The maximum Gasteiger partial charge on any atom is 0.573 e. The van der Waals surface area contributed by atoms with Gasteiger partial charge in [0.1, 0.15) is 30.3 Å². The number of aromatic carboxylic acids is 1. The molecule has 3 rings (SSSR count). The van der Waals surface area contributed by atoms with Crippen molar-refractivity contribution in [3.8, 4) is 28.7 Å². The molecule has 0 aliphatic rings. The van der Waals surface area contributed by atoms with Crippen molar-refractivity contribution in [2.75, 3.05) is 13.2 Å². The minimum atomic E-state index is -4.75. The van der Waals surface area contributed by atoms with Gasteiger partial charge in [-0.1, -0.05) is 30.3 Å². The summed E-state index contributed by atoms with van der Waals surface area (Å²) in [6.07, 6.45) is -5.18. The SMILES string of the molecule is CC(C)(Cc1ccc(OC(F)(F)F)cc1)NC[C@@H](O)COc1cc(-c2ccc(C(=O)O)cc2)ccc1C#N. The van der Waals surface area contributed by atoms with Crippen LogP contribution in [0, 0.1) is 11.3 Å². The average Bonchev–Trinajstić information content (AvgIpc) is 2.86. The van der Waals surface area contributed by atoms with Gasteiger partial charge < -0.3 is 25.0 Å². The van der Waals surface area contributed by atoms with Crippen LogP contribution >= 0.6 is 0 Å². The Bertz CT molecular complexity index is 1280. The number of benzene rings is 3. The van der Waals surface area contributed by atoms with Gasteiger partial charge in [-0.2, -0.15) is 5.26 Å². The molecule has 3 N–H and O–H groups in total. The van der Waals surface area contributed by atoms with Crippen LogP contribution in [0.25, 0.3) is 11.1 Å². The average molecular weight is 529 g/mol. The van der Waals surface area contributed by atoms with E-state index in [9.17, 15) is 28.3 Å². The van der Waals surface area contributed by atoms with E-state index in [1.807, 2.05) is 13.8 Å². The molecule has 7 nitrogen and oxygen atoms in total. The highest BCUT2D eigenvalue weighted by atomic mass is 19.4. The number of nitrogens with one attached hydrogen (secondary N) is 1. The van der Waals surface area contributed by atoms with E-state index in [1.54, 1.807) is 42.5 Å². The summed E-state index contributed by atoms with van der Waals surface area (Å²) in [5.74, 6) is -1.04. The molecule has 200 valence electrons. The van der Waals surface area contributed by atoms with Crippen molar-refractivity contribution >= 4 is 5.97 Å². The molecule has 10 heteroatoms. The van der Waals surface area contributed by atoms with Gasteiger partial charge in [0.05, 0.1) is 11.1 Å². The summed E-state index contributed by atoms with van der Waals surface area (Å²) in [5.41, 5.74) is 2.20. The molecule has 0 fully saturated rings. The minimum Gasteiger partial charge on any atom is -0.489 e. The van der Waals surface area contributed by atoms with E-state index < -0.39 is 24.0 Å². The number of nitrogens with zero attached hydrogens (tertiary/aromatic N) is 1. The van der Waals surface area contributed by atoms with Crippen LogP contribution in [0.2, 0.25) is 0 Å². The van der Waals surface area contributed by atoms with Gasteiger partial charge in [0.25, 0.3) is 0 Å². The molecular formula is C28H27F3N2O5. The molecule has 3 aromatic carbocycles. The number of carboxylic acids is 1. The van der Waals surface area contributed by atoms with E-state index in [4.69, 9.17) is 9.84 Å². The summed E-state index contributed by atoms with van der Waals surface area (Å²) in [7, 11) is 0. The van der Waals surface area contributed by atoms with Crippen molar-refractivity contribution in [2.24, 2.45) is 0 Å². The van der Waals surface area contributed by atoms with Crippen LogP contribution in [0.15, 0.2) is 66.7 Å². The van der Waals surface area contributed by atoms with E-state index in [1.165, 1.54) is 24.3 Å². The Morgan fingerprint density at radius 1 is 1.03 bits per heavy atom. The van der Waals surface area contributed by atoms with E-state index in [2.05, 4.69) is 16.1 Å². The maximum atomic E-state index is 12.3. The normalized spacial score (nSPS) is 12.4. The first-order valence-corrected chi connectivity index (χ1v) is 11.6. The van der Waals surface area contributed by atoms with Crippen molar-refractivity contribution in [3.05, 3.63) is 83.4 Å². The van der Waals surface area contributed by atoms with Crippen LogP contribution in [0.3, 0.4) is 0 Å². The molecule has 1 atom stereocenters. The van der Waals surface area contributed by atoms with Gasteiger partial charge in [0.2, 0.25) is 0 Å². The molecule has 0 spiro atoms. The molecule has 0 aliphatic carbocycles. The third-order valence-corrected chi connectivity index (χ3v) is 5.62. The second-order valence-electron chi connectivity index (χ2n) is 9.30. The molecule has 0 aromatic heterocycles. The van der Waals surface area contributed by atoms with Crippen molar-refractivity contribution in [3.63, 3.8) is 0 Å². The molecule has 38 heavy (non-hydrogen) atoms. The lowest BCUT2D eigenvalue weighted by atomic mass is 9.94. The fourth-order valence-electron chi connectivity index (χ4n) is 3.74. The molecule has 0 saturated heterocycles. The second kappa shape index (κ2) is 12.0. The van der Waals surface area contributed by atoms with Gasteiger partial charge in [-0.3, -0.25) is 0 Å². The fraction of sp³-hybridized carbons (Fsp3) is 0.286. The quantitative estimate of drug-likeness (QED) is 0.315. The Balaban J connectivity index is 1.56. The molecule has 0 bridgehead atoms. The van der Waals surface area contributed by atoms with Gasteiger partial charge in [-0.25, -0.2) is 4.79 Å². The second-order valence-corrected chi connectivity index (χ2v) is 9.30. The number of ether oxygens (including phenoxy) is 2. The van der Waals surface area contributed by atoms with Gasteiger partial charge >= 0.3 is 12.3 Å². The first-order valence-electron chi connectivity index (χ1n) is 11.6. The largest absolute Gasteiger partial charge is 0.573 e. The van der Waals surface area contributed by atoms with Crippen LogP contribution in [0.1, 0.15) is 35.3 Å². The molecule has 0 aliphatic heterocycles. The zero-order valence-electron chi connectivity index (χ0n) is 20.7. The molecule has 0 heterocycles. The smallest absolute Gasteiger partial charge is 0.489 e. The van der Waals surface area contributed by atoms with E-state index in [0.717, 1.165) is 16.7 Å². The van der Waals surface area contributed by atoms with Gasteiger partial charge in [0, 0.05) is 12.1 Å². The summed E-state index contributed by atoms with van der Waals surface area (Å²) in [6.45, 7) is 3.87. The van der Waals surface area contributed by atoms with Crippen molar-refractivity contribution in [2.45, 2.75) is 38.3 Å². The summed E-state index contributed by atoms with van der Waals surface area (Å²) in [4.78, 5) is 11.1. The maximum absolute atomic E-state index is 12.3. The number of rotatable bonds is 11. The molecule has 0 unspecified atom stereocenters. The molecule has 0 saturated carbocycles. The minimum absolute atomic E-state index is 0.0946. The van der Waals surface area contributed by atoms with Crippen molar-refractivity contribution < 1.29 is 37.7 Å². The standard InChI is InChI=1S/C28H27F3N2O5/c1-27(2,14-18-3-11-24(12-4-18)38-28(29,30)31)33-16-23(34)17-37-25-13-21(9-10-22(25)15-32)19-5-7-20(8-6-19)26(35)36/h3-13,23,33-34H,14,16-17H2,1-2H3,(H,35,36)/t23-/m1/s1. The zero-order valence-corrected chi connectivity index (χ0v) is 20.7. The first-order chi connectivity index (χ1) is 17.8. The number of β-amino-alcohol motifs (C(OH)–C–C–N with tert-alkyl or cyclic N) is 1. The first kappa shape index (κ1) is 28.5. The van der Waals surface area contributed by atoms with E-state index >= 15 is 0 Å². The van der Waals surface area contributed by atoms with Crippen LogP contribution in [0.5, 0.6) is 11.5 Å². The highest BCUT2D eigenvalue weighted by Crippen LogP contribution is 2.28. The monoisotopic (exact) mass is 528 g/mol. The number of hydrogen-bond acceptors (Lipinski definition) is 6.